The summed E-state index contributed by atoms with van der Waals surface area (Å²) < 4.78 is 29.9. The molecule has 158 valence electrons. The Hall–Kier alpha value is -2.58. The summed E-state index contributed by atoms with van der Waals surface area (Å²) in [5.74, 6) is -2.13. The summed E-state index contributed by atoms with van der Waals surface area (Å²) in [6, 6.07) is 1.53. The van der Waals surface area contributed by atoms with Crippen molar-refractivity contribution in [2.24, 2.45) is 0 Å². The van der Waals surface area contributed by atoms with Gasteiger partial charge in [0.25, 0.3) is 0 Å². The smallest absolute Gasteiger partial charge is 0.246 e. The van der Waals surface area contributed by atoms with Crippen molar-refractivity contribution in [2.75, 3.05) is 31.1 Å². The first-order valence-corrected chi connectivity index (χ1v) is 10.1. The summed E-state index contributed by atoms with van der Waals surface area (Å²) in [5, 5.41) is 10.7. The highest BCUT2D eigenvalue weighted by molar-refractivity contribution is 6.32. The summed E-state index contributed by atoms with van der Waals surface area (Å²) in [7, 11) is 0. The summed E-state index contributed by atoms with van der Waals surface area (Å²) in [6.45, 7) is 5.47. The number of carbonyl (C=O) groups excluding carboxylic acids is 1. The number of piperazine rings is 1. The molecule has 2 atom stereocenters. The summed E-state index contributed by atoms with van der Waals surface area (Å²) in [5.41, 5.74) is -0.0641. The molecule has 1 aromatic heterocycles. The number of anilines is 1. The maximum atomic E-state index is 15.5. The number of aromatic nitrogens is 2. The second kappa shape index (κ2) is 8.28. The number of hydrogen-bond donors (Lipinski definition) is 1. The highest BCUT2D eigenvalue weighted by Crippen LogP contribution is 2.42. The molecular formula is C21H21ClF2N4O2. The Morgan fingerprint density at radius 1 is 1.27 bits per heavy atom. The number of allylic oxidation sites excluding steroid dienone is 1. The third kappa shape index (κ3) is 3.54. The Labute approximate surface area is 177 Å². The van der Waals surface area contributed by atoms with Crippen molar-refractivity contribution in [1.29, 1.82) is 0 Å². The van der Waals surface area contributed by atoms with Crippen LogP contribution in [0.3, 0.4) is 0 Å². The maximum absolute atomic E-state index is 15.5. The van der Waals surface area contributed by atoms with Gasteiger partial charge in [-0.2, -0.15) is 0 Å². The van der Waals surface area contributed by atoms with Crippen LogP contribution in [0.15, 0.2) is 37.0 Å². The third-order valence-electron chi connectivity index (χ3n) is 5.70. The quantitative estimate of drug-likeness (QED) is 0.750. The lowest BCUT2D eigenvalue weighted by molar-refractivity contribution is -0.126. The van der Waals surface area contributed by atoms with Crippen LogP contribution in [0, 0.1) is 5.82 Å². The second-order valence-electron chi connectivity index (χ2n) is 7.41. The summed E-state index contributed by atoms with van der Waals surface area (Å²) >= 11 is 6.38. The molecule has 0 bridgehead atoms. The highest BCUT2D eigenvalue weighted by Gasteiger charge is 2.34. The van der Waals surface area contributed by atoms with Gasteiger partial charge < -0.3 is 14.9 Å². The van der Waals surface area contributed by atoms with Gasteiger partial charge in [-0.1, -0.05) is 24.3 Å². The number of rotatable bonds is 3. The summed E-state index contributed by atoms with van der Waals surface area (Å²) in [4.78, 5) is 23.8. The number of aliphatic hydroxyl groups excluding tert-OH is 1. The van der Waals surface area contributed by atoms with E-state index in [9.17, 15) is 14.3 Å². The molecule has 6 nitrogen and oxygen atoms in total. The normalized spacial score (nSPS) is 22.2. The molecule has 1 aliphatic carbocycles. The first-order chi connectivity index (χ1) is 14.4. The van der Waals surface area contributed by atoms with Crippen LogP contribution in [-0.4, -0.2) is 58.2 Å². The van der Waals surface area contributed by atoms with Crippen molar-refractivity contribution in [1.82, 2.24) is 14.9 Å². The lowest BCUT2D eigenvalue weighted by Crippen LogP contribution is -2.48. The van der Waals surface area contributed by atoms with E-state index in [1.54, 1.807) is 4.90 Å². The monoisotopic (exact) mass is 434 g/mol. The van der Waals surface area contributed by atoms with Crippen molar-refractivity contribution in [3.05, 3.63) is 53.4 Å². The van der Waals surface area contributed by atoms with Crippen LogP contribution in [0.5, 0.6) is 0 Å². The number of benzene rings is 1. The Kier molecular flexibility index (Phi) is 5.71. The van der Waals surface area contributed by atoms with Gasteiger partial charge in [-0.25, -0.2) is 18.7 Å². The fourth-order valence-electron chi connectivity index (χ4n) is 4.14. The fourth-order valence-corrected chi connectivity index (χ4v) is 4.45. The van der Waals surface area contributed by atoms with Crippen molar-refractivity contribution in [3.8, 4) is 0 Å². The number of aliphatic hydroxyl groups is 1. The van der Waals surface area contributed by atoms with Crippen LogP contribution in [0.1, 0.15) is 24.3 Å². The molecule has 2 heterocycles. The lowest BCUT2D eigenvalue weighted by Gasteiger charge is -2.35. The minimum Gasteiger partial charge on any atom is -0.392 e. The molecule has 0 spiro atoms. The van der Waals surface area contributed by atoms with Gasteiger partial charge in [0, 0.05) is 42.2 Å². The van der Waals surface area contributed by atoms with Gasteiger partial charge in [0.05, 0.1) is 12.0 Å². The number of fused-ring (bicyclic) bond motifs is 1. The van der Waals surface area contributed by atoms with E-state index in [1.165, 1.54) is 24.5 Å². The summed E-state index contributed by atoms with van der Waals surface area (Å²) in [6.07, 6.45) is 3.55. The van der Waals surface area contributed by atoms with Crippen molar-refractivity contribution < 1.29 is 18.7 Å². The average molecular weight is 435 g/mol. The molecule has 2 aliphatic rings. The Balaban J connectivity index is 1.73. The molecule has 4 rings (SSSR count). The number of amides is 1. The van der Waals surface area contributed by atoms with E-state index >= 15 is 4.39 Å². The molecule has 1 fully saturated rings. The number of carbonyl (C=O) groups is 1. The topological polar surface area (TPSA) is 69.6 Å². The molecule has 1 aliphatic heterocycles. The van der Waals surface area contributed by atoms with Gasteiger partial charge in [0.1, 0.15) is 23.5 Å². The van der Waals surface area contributed by atoms with Gasteiger partial charge in [-0.3, -0.25) is 4.79 Å². The standard InChI is InChI=1S/C21H21ClF2N4O2/c1-2-16(30)27-6-8-28(9-7-27)21-12-10-13(22)17(19(24)20(12)25-11-26-21)18-14(23)4-3-5-15(18)29/h2,4,10-11,15,18,29H,1,3,5-9H2/t15-,18+/m0/s1. The molecular weight excluding hydrogens is 414 g/mol. The molecule has 1 amide bonds. The minimum atomic E-state index is -1.15. The van der Waals surface area contributed by atoms with Gasteiger partial charge in [-0.05, 0) is 25.0 Å². The Morgan fingerprint density at radius 3 is 2.67 bits per heavy atom. The first kappa shape index (κ1) is 20.7. The molecule has 30 heavy (non-hydrogen) atoms. The van der Waals surface area contributed by atoms with Crippen molar-refractivity contribution >= 4 is 34.2 Å². The van der Waals surface area contributed by atoms with Crippen LogP contribution >= 0.6 is 11.6 Å². The highest BCUT2D eigenvalue weighted by atomic mass is 35.5. The molecule has 0 unspecified atom stereocenters. The Morgan fingerprint density at radius 2 is 2.00 bits per heavy atom. The first-order valence-electron chi connectivity index (χ1n) is 9.75. The van der Waals surface area contributed by atoms with E-state index in [4.69, 9.17) is 11.6 Å². The lowest BCUT2D eigenvalue weighted by atomic mass is 9.85. The van der Waals surface area contributed by atoms with Crippen molar-refractivity contribution in [2.45, 2.75) is 24.9 Å². The number of nitrogens with zero attached hydrogens (tertiary/aromatic N) is 4. The predicted molar refractivity (Wildman–Crippen MR) is 111 cm³/mol. The van der Waals surface area contributed by atoms with Crippen LogP contribution in [0.4, 0.5) is 14.6 Å². The van der Waals surface area contributed by atoms with Gasteiger partial charge in [-0.15, -0.1) is 0 Å². The molecule has 1 saturated heterocycles. The zero-order chi connectivity index (χ0) is 21.4. The Bertz CT molecular complexity index is 1040. The number of hydrogen-bond acceptors (Lipinski definition) is 5. The third-order valence-corrected chi connectivity index (χ3v) is 6.01. The average Bonchev–Trinajstić information content (AvgIpc) is 2.75. The zero-order valence-electron chi connectivity index (χ0n) is 16.2. The fraction of sp³-hybridized carbons (Fsp3) is 0.381. The van der Waals surface area contributed by atoms with Crippen molar-refractivity contribution in [3.63, 3.8) is 0 Å². The van der Waals surface area contributed by atoms with E-state index in [0.717, 1.165) is 0 Å². The second-order valence-corrected chi connectivity index (χ2v) is 7.81. The number of halogens is 3. The van der Waals surface area contributed by atoms with E-state index in [2.05, 4.69) is 16.5 Å². The largest absolute Gasteiger partial charge is 0.392 e. The van der Waals surface area contributed by atoms with E-state index in [0.29, 0.717) is 50.2 Å². The van der Waals surface area contributed by atoms with Crippen LogP contribution in [0.2, 0.25) is 5.02 Å². The molecule has 0 saturated carbocycles. The molecule has 9 heteroatoms. The minimum absolute atomic E-state index is 0.0195. The van der Waals surface area contributed by atoms with Gasteiger partial charge in [0.2, 0.25) is 5.91 Å². The van der Waals surface area contributed by atoms with Crippen LogP contribution < -0.4 is 4.90 Å². The van der Waals surface area contributed by atoms with E-state index in [-0.39, 0.29) is 22.0 Å². The van der Waals surface area contributed by atoms with Gasteiger partial charge >= 0.3 is 0 Å². The van der Waals surface area contributed by atoms with E-state index < -0.39 is 23.7 Å². The maximum Gasteiger partial charge on any atom is 0.246 e. The van der Waals surface area contributed by atoms with E-state index in [1.807, 2.05) is 4.90 Å². The van der Waals surface area contributed by atoms with Gasteiger partial charge in [0.15, 0.2) is 5.82 Å². The molecule has 0 radical (unpaired) electrons. The van der Waals surface area contributed by atoms with Crippen LogP contribution in [-0.2, 0) is 4.79 Å². The molecule has 2 aromatic rings. The molecule has 1 aromatic carbocycles. The van der Waals surface area contributed by atoms with Crippen LogP contribution in [0.25, 0.3) is 10.9 Å². The zero-order valence-corrected chi connectivity index (χ0v) is 16.9. The molecule has 1 N–H and O–H groups in total. The predicted octanol–water partition coefficient (Wildman–Crippen LogP) is 3.35. The SMILES string of the molecule is C=CC(=O)N1CCN(c2ncnc3c(F)c([C@@H]4C(F)=CCC[C@@H]4O)c(Cl)cc23)CC1.